The highest BCUT2D eigenvalue weighted by Crippen LogP contribution is 2.09. The first-order valence-electron chi connectivity index (χ1n) is 5.35. The highest BCUT2D eigenvalue weighted by Gasteiger charge is 2.11. The molecular weight excluding hydrogens is 200 g/mol. The molecule has 0 aliphatic carbocycles. The zero-order valence-corrected chi connectivity index (χ0v) is 9.87. The van der Waals surface area contributed by atoms with Gasteiger partial charge in [-0.05, 0) is 32.4 Å². The first-order valence-corrected chi connectivity index (χ1v) is 5.35. The van der Waals surface area contributed by atoms with Gasteiger partial charge in [-0.2, -0.15) is 5.26 Å². The molecule has 1 amide bonds. The molecule has 84 valence electrons. The van der Waals surface area contributed by atoms with E-state index in [9.17, 15) is 4.79 Å². The summed E-state index contributed by atoms with van der Waals surface area (Å²) in [5, 5.41) is 11.5. The Morgan fingerprint density at radius 1 is 1.38 bits per heavy atom. The van der Waals surface area contributed by atoms with Gasteiger partial charge >= 0.3 is 0 Å². The summed E-state index contributed by atoms with van der Waals surface area (Å²) in [4.78, 5) is 11.8. The third-order valence-electron chi connectivity index (χ3n) is 2.35. The van der Waals surface area contributed by atoms with Gasteiger partial charge in [-0.1, -0.05) is 24.1 Å². The van der Waals surface area contributed by atoms with E-state index in [1.165, 1.54) is 0 Å². The minimum absolute atomic E-state index is 0.180. The summed E-state index contributed by atoms with van der Waals surface area (Å²) in [5.41, 5.74) is 2.72. The summed E-state index contributed by atoms with van der Waals surface area (Å²) in [5.74, 6) is -0.180. The number of nitriles is 1. The number of nitrogens with one attached hydrogen (secondary N) is 1. The molecule has 0 heterocycles. The summed E-state index contributed by atoms with van der Waals surface area (Å²) in [6.45, 7) is 5.77. The number of hydrogen-bond acceptors (Lipinski definition) is 2. The van der Waals surface area contributed by atoms with E-state index in [0.29, 0.717) is 12.0 Å². The summed E-state index contributed by atoms with van der Waals surface area (Å²) in [6, 6.07) is 7.30. The van der Waals surface area contributed by atoms with Gasteiger partial charge in [-0.25, -0.2) is 0 Å². The van der Waals surface area contributed by atoms with Crippen molar-refractivity contribution in [3.63, 3.8) is 0 Å². The van der Waals surface area contributed by atoms with Crippen LogP contribution in [0.2, 0.25) is 0 Å². The van der Waals surface area contributed by atoms with Crippen LogP contribution in [0.25, 0.3) is 0 Å². The third kappa shape index (κ3) is 3.09. The molecular formula is C13H16N2O. The Kier molecular flexibility index (Phi) is 4.07. The van der Waals surface area contributed by atoms with Gasteiger partial charge in [0.05, 0.1) is 6.07 Å². The third-order valence-corrected chi connectivity index (χ3v) is 2.35. The van der Waals surface area contributed by atoms with Gasteiger partial charge in [0.25, 0.3) is 5.91 Å². The fraction of sp³-hybridized carbons (Fsp3) is 0.385. The smallest absolute Gasteiger partial charge is 0.252 e. The van der Waals surface area contributed by atoms with Crippen LogP contribution in [0.5, 0.6) is 0 Å². The number of rotatable bonds is 3. The van der Waals surface area contributed by atoms with Crippen LogP contribution in [-0.4, -0.2) is 11.9 Å². The summed E-state index contributed by atoms with van der Waals surface area (Å²) >= 11 is 0. The molecule has 0 aliphatic rings. The molecule has 16 heavy (non-hydrogen) atoms. The van der Waals surface area contributed by atoms with E-state index < -0.39 is 6.04 Å². The molecule has 0 fully saturated rings. The Morgan fingerprint density at radius 2 is 1.94 bits per heavy atom. The second-order valence-corrected chi connectivity index (χ2v) is 3.94. The first kappa shape index (κ1) is 12.3. The van der Waals surface area contributed by atoms with Gasteiger partial charge in [0.2, 0.25) is 0 Å². The molecule has 0 aliphatic heterocycles. The van der Waals surface area contributed by atoms with Gasteiger partial charge in [0, 0.05) is 5.56 Å². The van der Waals surface area contributed by atoms with Gasteiger partial charge in [-0.15, -0.1) is 0 Å². The van der Waals surface area contributed by atoms with E-state index in [-0.39, 0.29) is 5.91 Å². The number of aryl methyl sites for hydroxylation is 2. The van der Waals surface area contributed by atoms with Crippen molar-refractivity contribution in [2.45, 2.75) is 33.2 Å². The topological polar surface area (TPSA) is 52.9 Å². The predicted octanol–water partition coefficient (Wildman–Crippen LogP) is 2.34. The van der Waals surface area contributed by atoms with Crippen molar-refractivity contribution in [3.8, 4) is 6.07 Å². The zero-order valence-electron chi connectivity index (χ0n) is 9.87. The lowest BCUT2D eigenvalue weighted by molar-refractivity contribution is 0.0944. The van der Waals surface area contributed by atoms with Crippen molar-refractivity contribution in [1.29, 1.82) is 5.26 Å². The van der Waals surface area contributed by atoms with Crippen molar-refractivity contribution < 1.29 is 4.79 Å². The molecule has 1 aromatic rings. The fourth-order valence-corrected chi connectivity index (χ4v) is 1.57. The Bertz CT molecular complexity index is 412. The van der Waals surface area contributed by atoms with Gasteiger partial charge in [-0.3, -0.25) is 4.79 Å². The van der Waals surface area contributed by atoms with Crippen LogP contribution in [0.1, 0.15) is 34.8 Å². The second kappa shape index (κ2) is 5.32. The average molecular weight is 216 g/mol. The number of amides is 1. The summed E-state index contributed by atoms with van der Waals surface area (Å²) < 4.78 is 0. The maximum absolute atomic E-state index is 11.8. The van der Waals surface area contributed by atoms with Gasteiger partial charge in [0.15, 0.2) is 0 Å². The SMILES string of the molecule is CCC(C#N)NC(=O)c1cc(C)cc(C)c1. The van der Waals surface area contributed by atoms with Crippen molar-refractivity contribution in [3.05, 3.63) is 34.9 Å². The summed E-state index contributed by atoms with van der Waals surface area (Å²) in [7, 11) is 0. The van der Waals surface area contributed by atoms with Crippen molar-refractivity contribution in [1.82, 2.24) is 5.32 Å². The van der Waals surface area contributed by atoms with E-state index in [1.807, 2.05) is 45.0 Å². The highest BCUT2D eigenvalue weighted by atomic mass is 16.1. The minimum atomic E-state index is -0.409. The molecule has 3 heteroatoms. The number of nitrogens with zero attached hydrogens (tertiary/aromatic N) is 1. The van der Waals surface area contributed by atoms with Gasteiger partial charge in [0.1, 0.15) is 6.04 Å². The maximum atomic E-state index is 11.8. The van der Waals surface area contributed by atoms with Crippen molar-refractivity contribution in [2.75, 3.05) is 0 Å². The Labute approximate surface area is 96.1 Å². The summed E-state index contributed by atoms with van der Waals surface area (Å²) in [6.07, 6.45) is 0.618. The molecule has 0 radical (unpaired) electrons. The highest BCUT2D eigenvalue weighted by molar-refractivity contribution is 5.94. The lowest BCUT2D eigenvalue weighted by Crippen LogP contribution is -2.33. The lowest BCUT2D eigenvalue weighted by Gasteiger charge is -2.10. The Morgan fingerprint density at radius 3 is 2.38 bits per heavy atom. The molecule has 3 nitrogen and oxygen atoms in total. The lowest BCUT2D eigenvalue weighted by atomic mass is 10.1. The Balaban J connectivity index is 2.85. The molecule has 1 aromatic carbocycles. The molecule has 0 saturated carbocycles. The van der Waals surface area contributed by atoms with Crippen LogP contribution in [-0.2, 0) is 0 Å². The molecule has 0 spiro atoms. The second-order valence-electron chi connectivity index (χ2n) is 3.94. The monoisotopic (exact) mass is 216 g/mol. The number of benzene rings is 1. The van der Waals surface area contributed by atoms with Crippen LogP contribution >= 0.6 is 0 Å². The number of hydrogen-bond donors (Lipinski definition) is 1. The molecule has 1 atom stereocenters. The average Bonchev–Trinajstić information content (AvgIpc) is 2.24. The number of carbonyl (C=O) groups excluding carboxylic acids is 1. The van der Waals surface area contributed by atoms with Crippen LogP contribution < -0.4 is 5.32 Å². The van der Waals surface area contributed by atoms with Crippen molar-refractivity contribution in [2.24, 2.45) is 0 Å². The molecule has 1 rings (SSSR count). The molecule has 0 saturated heterocycles. The van der Waals surface area contributed by atoms with E-state index in [4.69, 9.17) is 5.26 Å². The largest absolute Gasteiger partial charge is 0.336 e. The quantitative estimate of drug-likeness (QED) is 0.843. The predicted molar refractivity (Wildman–Crippen MR) is 63.1 cm³/mol. The van der Waals surface area contributed by atoms with Gasteiger partial charge < -0.3 is 5.32 Å². The first-order chi connectivity index (χ1) is 7.56. The van der Waals surface area contributed by atoms with E-state index in [1.54, 1.807) is 0 Å². The zero-order chi connectivity index (χ0) is 12.1. The standard InChI is InChI=1S/C13H16N2O/c1-4-12(8-14)15-13(16)11-6-9(2)5-10(3)7-11/h5-7,12H,4H2,1-3H3,(H,15,16). The van der Waals surface area contributed by atoms with Crippen molar-refractivity contribution >= 4 is 5.91 Å². The van der Waals surface area contributed by atoms with Crippen LogP contribution in [0.15, 0.2) is 18.2 Å². The number of carbonyl (C=O) groups is 1. The van der Waals surface area contributed by atoms with E-state index in [2.05, 4.69) is 5.32 Å². The Hall–Kier alpha value is -1.82. The van der Waals surface area contributed by atoms with E-state index in [0.717, 1.165) is 11.1 Å². The molecule has 1 N–H and O–H groups in total. The molecule has 1 unspecified atom stereocenters. The van der Waals surface area contributed by atoms with Crippen LogP contribution in [0.3, 0.4) is 0 Å². The normalized spacial score (nSPS) is 11.6. The molecule has 0 aromatic heterocycles. The maximum Gasteiger partial charge on any atom is 0.252 e. The van der Waals surface area contributed by atoms with Crippen LogP contribution in [0.4, 0.5) is 0 Å². The minimum Gasteiger partial charge on any atom is -0.336 e. The fourth-order valence-electron chi connectivity index (χ4n) is 1.57. The van der Waals surface area contributed by atoms with Crippen LogP contribution in [0, 0.1) is 25.2 Å². The molecule has 0 bridgehead atoms. The van der Waals surface area contributed by atoms with E-state index >= 15 is 0 Å².